The SMILES string of the molecule is O=C(Cc1ccc([N+](=O)[O-])cc1[N+](=O)[O-])N/N=C\c1ccc(OC(=O)c2ccc(Br)cc2)cc1. The van der Waals surface area contributed by atoms with Crippen LogP contribution in [-0.4, -0.2) is 27.9 Å². The molecule has 0 fully saturated rings. The number of hydrogen-bond donors (Lipinski definition) is 1. The molecule has 0 atom stereocenters. The van der Waals surface area contributed by atoms with Gasteiger partial charge in [0, 0.05) is 16.1 Å². The van der Waals surface area contributed by atoms with Crippen molar-refractivity contribution in [3.8, 4) is 5.75 Å². The Labute approximate surface area is 200 Å². The van der Waals surface area contributed by atoms with Gasteiger partial charge >= 0.3 is 5.97 Å². The average molecular weight is 527 g/mol. The van der Waals surface area contributed by atoms with E-state index in [0.29, 0.717) is 16.9 Å². The molecule has 0 saturated heterocycles. The lowest BCUT2D eigenvalue weighted by Crippen LogP contribution is -2.20. The molecule has 3 aromatic carbocycles. The van der Waals surface area contributed by atoms with Crippen LogP contribution in [0.1, 0.15) is 21.5 Å². The van der Waals surface area contributed by atoms with Crippen molar-refractivity contribution in [2.45, 2.75) is 6.42 Å². The smallest absolute Gasteiger partial charge is 0.343 e. The van der Waals surface area contributed by atoms with Gasteiger partial charge in [-0.05, 0) is 60.2 Å². The van der Waals surface area contributed by atoms with E-state index in [2.05, 4.69) is 26.5 Å². The number of halogens is 1. The lowest BCUT2D eigenvalue weighted by atomic mass is 10.1. The number of esters is 1. The van der Waals surface area contributed by atoms with Gasteiger partial charge in [-0.15, -0.1) is 0 Å². The van der Waals surface area contributed by atoms with Gasteiger partial charge in [0.15, 0.2) is 0 Å². The van der Waals surface area contributed by atoms with Crippen molar-refractivity contribution in [1.82, 2.24) is 5.43 Å². The summed E-state index contributed by atoms with van der Waals surface area (Å²) in [6, 6.07) is 16.1. The van der Waals surface area contributed by atoms with Crippen LogP contribution >= 0.6 is 15.9 Å². The predicted molar refractivity (Wildman–Crippen MR) is 125 cm³/mol. The first-order valence-electron chi connectivity index (χ1n) is 9.54. The molecule has 1 N–H and O–H groups in total. The molecular formula is C22H15BrN4O7. The van der Waals surface area contributed by atoms with Crippen LogP contribution in [0, 0.1) is 20.2 Å². The van der Waals surface area contributed by atoms with Crippen molar-refractivity contribution >= 4 is 45.4 Å². The van der Waals surface area contributed by atoms with Crippen LogP contribution in [0.5, 0.6) is 5.75 Å². The van der Waals surface area contributed by atoms with Crippen molar-refractivity contribution in [1.29, 1.82) is 0 Å². The summed E-state index contributed by atoms with van der Waals surface area (Å²) in [4.78, 5) is 44.6. The van der Waals surface area contributed by atoms with Gasteiger partial charge in [-0.3, -0.25) is 25.0 Å². The number of carbonyl (C=O) groups is 2. The van der Waals surface area contributed by atoms with E-state index >= 15 is 0 Å². The highest BCUT2D eigenvalue weighted by Gasteiger charge is 2.21. The number of non-ortho nitro benzene ring substituents is 1. The van der Waals surface area contributed by atoms with E-state index in [1.807, 2.05) is 0 Å². The van der Waals surface area contributed by atoms with Gasteiger partial charge in [-0.1, -0.05) is 15.9 Å². The molecular weight excluding hydrogens is 512 g/mol. The Morgan fingerprint density at radius 2 is 1.65 bits per heavy atom. The summed E-state index contributed by atoms with van der Waals surface area (Å²) in [7, 11) is 0. The van der Waals surface area contributed by atoms with Crippen LogP contribution < -0.4 is 10.2 Å². The Kier molecular flexibility index (Phi) is 7.77. The van der Waals surface area contributed by atoms with Crippen LogP contribution in [0.25, 0.3) is 0 Å². The summed E-state index contributed by atoms with van der Waals surface area (Å²) in [5, 5.41) is 25.7. The van der Waals surface area contributed by atoms with Crippen LogP contribution in [-0.2, 0) is 11.2 Å². The lowest BCUT2D eigenvalue weighted by molar-refractivity contribution is -0.394. The zero-order valence-corrected chi connectivity index (χ0v) is 18.8. The number of nitro groups is 2. The average Bonchev–Trinajstić information content (AvgIpc) is 2.80. The lowest BCUT2D eigenvalue weighted by Gasteiger charge is -2.05. The number of benzene rings is 3. The van der Waals surface area contributed by atoms with Crippen molar-refractivity contribution in [3.63, 3.8) is 0 Å². The quantitative estimate of drug-likeness (QED) is 0.152. The van der Waals surface area contributed by atoms with Crippen LogP contribution in [0.15, 0.2) is 76.3 Å². The van der Waals surface area contributed by atoms with Gasteiger partial charge in [0.2, 0.25) is 5.91 Å². The predicted octanol–water partition coefficient (Wildman–Crippen LogP) is 4.18. The van der Waals surface area contributed by atoms with Gasteiger partial charge in [0.25, 0.3) is 11.4 Å². The standard InChI is InChI=1S/C22H15BrN4O7/c23-17-6-3-15(4-7-17)22(29)34-19-9-1-14(2-10-19)13-24-25-21(28)11-16-5-8-18(26(30)31)12-20(16)27(32)33/h1-10,12-13H,11H2,(H,25,28)/b24-13-. The number of amides is 1. The third-order valence-electron chi connectivity index (χ3n) is 4.40. The highest BCUT2D eigenvalue weighted by molar-refractivity contribution is 9.10. The summed E-state index contributed by atoms with van der Waals surface area (Å²) in [5.74, 6) is -0.839. The van der Waals surface area contributed by atoms with Crippen LogP contribution in [0.3, 0.4) is 0 Å². The maximum absolute atomic E-state index is 12.1. The molecule has 0 bridgehead atoms. The molecule has 0 saturated carbocycles. The van der Waals surface area contributed by atoms with Crippen LogP contribution in [0.4, 0.5) is 11.4 Å². The fourth-order valence-electron chi connectivity index (χ4n) is 2.75. The molecule has 34 heavy (non-hydrogen) atoms. The number of nitro benzene ring substituents is 2. The molecule has 172 valence electrons. The van der Waals surface area contributed by atoms with E-state index in [-0.39, 0.29) is 5.56 Å². The van der Waals surface area contributed by atoms with Gasteiger partial charge in [-0.2, -0.15) is 5.10 Å². The first-order chi connectivity index (χ1) is 16.2. The van der Waals surface area contributed by atoms with Crippen LogP contribution in [0.2, 0.25) is 0 Å². The number of nitrogens with zero attached hydrogens (tertiary/aromatic N) is 3. The zero-order valence-electron chi connectivity index (χ0n) is 17.2. The number of rotatable bonds is 8. The normalized spacial score (nSPS) is 10.6. The summed E-state index contributed by atoms with van der Waals surface area (Å²) in [5.41, 5.74) is 2.27. The molecule has 3 aromatic rings. The number of ether oxygens (including phenoxy) is 1. The number of nitrogens with one attached hydrogen (secondary N) is 1. The van der Waals surface area contributed by atoms with Gasteiger partial charge in [0.05, 0.1) is 34.1 Å². The molecule has 0 unspecified atom stereocenters. The Balaban J connectivity index is 1.56. The van der Waals surface area contributed by atoms with Gasteiger partial charge in [0.1, 0.15) is 5.75 Å². The highest BCUT2D eigenvalue weighted by atomic mass is 79.9. The summed E-state index contributed by atoms with van der Waals surface area (Å²) < 4.78 is 6.13. The fraction of sp³-hybridized carbons (Fsp3) is 0.0455. The monoisotopic (exact) mass is 526 g/mol. The second kappa shape index (κ2) is 10.9. The third-order valence-corrected chi connectivity index (χ3v) is 4.93. The molecule has 0 aromatic heterocycles. The minimum absolute atomic E-state index is 0.0141. The maximum atomic E-state index is 12.1. The fourth-order valence-corrected chi connectivity index (χ4v) is 3.01. The number of hydrazone groups is 1. The summed E-state index contributed by atoms with van der Waals surface area (Å²) in [6.07, 6.45) is 0.944. The minimum Gasteiger partial charge on any atom is -0.423 e. The van der Waals surface area contributed by atoms with E-state index < -0.39 is 39.5 Å². The molecule has 1 amide bonds. The summed E-state index contributed by atoms with van der Waals surface area (Å²) >= 11 is 3.29. The first kappa shape index (κ1) is 24.2. The largest absolute Gasteiger partial charge is 0.423 e. The van der Waals surface area contributed by atoms with E-state index in [9.17, 15) is 29.8 Å². The topological polar surface area (TPSA) is 154 Å². The second-order valence-corrected chi connectivity index (χ2v) is 7.68. The third kappa shape index (κ3) is 6.53. The minimum atomic E-state index is -0.788. The van der Waals surface area contributed by atoms with Crippen molar-refractivity contribution in [3.05, 3.63) is 108 Å². The van der Waals surface area contributed by atoms with E-state index in [4.69, 9.17) is 4.74 Å². The van der Waals surface area contributed by atoms with E-state index in [1.165, 1.54) is 6.21 Å². The Morgan fingerprint density at radius 3 is 2.26 bits per heavy atom. The number of carbonyl (C=O) groups excluding carboxylic acids is 2. The maximum Gasteiger partial charge on any atom is 0.343 e. The molecule has 12 heteroatoms. The van der Waals surface area contributed by atoms with Gasteiger partial charge in [-0.25, -0.2) is 10.2 Å². The number of hydrogen-bond acceptors (Lipinski definition) is 8. The van der Waals surface area contributed by atoms with Gasteiger partial charge < -0.3 is 4.74 Å². The molecule has 0 spiro atoms. The molecule has 0 aliphatic carbocycles. The zero-order chi connectivity index (χ0) is 24.7. The van der Waals surface area contributed by atoms with Crippen molar-refractivity contribution < 1.29 is 24.2 Å². The Bertz CT molecular complexity index is 1280. The molecule has 0 heterocycles. The van der Waals surface area contributed by atoms with E-state index in [1.54, 1.807) is 48.5 Å². The molecule has 3 rings (SSSR count). The van der Waals surface area contributed by atoms with Crippen molar-refractivity contribution in [2.24, 2.45) is 5.10 Å². The Morgan fingerprint density at radius 1 is 0.971 bits per heavy atom. The highest BCUT2D eigenvalue weighted by Crippen LogP contribution is 2.25. The van der Waals surface area contributed by atoms with Crippen molar-refractivity contribution in [2.75, 3.05) is 0 Å². The first-order valence-corrected chi connectivity index (χ1v) is 10.3. The van der Waals surface area contributed by atoms with E-state index in [0.717, 1.165) is 22.7 Å². The Hall–Kier alpha value is -4.45. The second-order valence-electron chi connectivity index (χ2n) is 6.76. The molecule has 0 radical (unpaired) electrons. The summed E-state index contributed by atoms with van der Waals surface area (Å²) in [6.45, 7) is 0. The molecule has 11 nitrogen and oxygen atoms in total. The molecule has 0 aliphatic heterocycles. The molecule has 0 aliphatic rings.